The number of ether oxygens (including phenoxy) is 1. The molecule has 2 heterocycles. The number of ketones is 1. The minimum Gasteiger partial charge on any atom is -0.504 e. The topological polar surface area (TPSA) is 114 Å². The summed E-state index contributed by atoms with van der Waals surface area (Å²) in [6.45, 7) is 9.92. The van der Waals surface area contributed by atoms with Gasteiger partial charge in [0.15, 0.2) is 17.3 Å². The second-order valence-electron chi connectivity index (χ2n) is 11.4. The summed E-state index contributed by atoms with van der Waals surface area (Å²) in [4.78, 5) is 19.3. The Morgan fingerprint density at radius 1 is 0.956 bits per heavy atom. The smallest absolute Gasteiger partial charge is 0.224 e. The van der Waals surface area contributed by atoms with Gasteiger partial charge in [-0.3, -0.25) is 9.69 Å². The molecule has 0 fully saturated rings. The Kier molecular flexibility index (Phi) is 9.28. The predicted octanol–water partition coefficient (Wildman–Crippen LogP) is 6.52. The molecule has 0 aromatic heterocycles. The summed E-state index contributed by atoms with van der Waals surface area (Å²) >= 11 is 1.88. The number of nitrogens with zero attached hydrogens (tertiary/aromatic N) is 2. The fraction of sp³-hybridized carbons (Fsp3) is 0.286. The van der Waals surface area contributed by atoms with Crippen molar-refractivity contribution in [2.24, 2.45) is 0 Å². The van der Waals surface area contributed by atoms with Crippen LogP contribution in [0.15, 0.2) is 99.7 Å². The van der Waals surface area contributed by atoms with Crippen LogP contribution < -0.4 is 4.90 Å². The average Bonchev–Trinajstić information content (AvgIpc) is 3.31. The maximum atomic E-state index is 11.5. The Morgan fingerprint density at radius 2 is 1.56 bits per heavy atom. The highest BCUT2D eigenvalue weighted by atomic mass is 35.5. The lowest BCUT2D eigenvalue weighted by Crippen LogP contribution is -2.41. The molecule has 3 aromatic carbocycles. The molecule has 4 N–H and O–H groups in total. The van der Waals surface area contributed by atoms with Gasteiger partial charge in [0.2, 0.25) is 11.5 Å². The van der Waals surface area contributed by atoms with Crippen LogP contribution in [0.3, 0.4) is 0 Å². The number of halogens is 1. The van der Waals surface area contributed by atoms with E-state index < -0.39 is 17.1 Å². The van der Waals surface area contributed by atoms with E-state index in [4.69, 9.17) is 4.74 Å². The number of aliphatic hydroxyl groups excluding tert-OH is 1. The Labute approximate surface area is 273 Å². The zero-order valence-corrected chi connectivity index (χ0v) is 27.0. The molecule has 2 atom stereocenters. The molecule has 0 bridgehead atoms. The average molecular weight is 649 g/mol. The van der Waals surface area contributed by atoms with Crippen LogP contribution >= 0.6 is 24.2 Å². The van der Waals surface area contributed by atoms with E-state index in [1.807, 2.05) is 11.8 Å². The first-order valence-corrected chi connectivity index (χ1v) is 15.7. The maximum absolute atomic E-state index is 11.5. The van der Waals surface area contributed by atoms with Gasteiger partial charge in [-0.2, -0.15) is 0 Å². The van der Waals surface area contributed by atoms with E-state index in [2.05, 4.69) is 79.1 Å². The van der Waals surface area contributed by atoms with Crippen LogP contribution in [0.25, 0.3) is 5.57 Å². The van der Waals surface area contributed by atoms with Gasteiger partial charge in [0.1, 0.15) is 12.2 Å². The molecule has 236 valence electrons. The molecule has 7 rings (SSSR count). The molecular formula is C35H37ClN2O6S. The van der Waals surface area contributed by atoms with Gasteiger partial charge in [-0.05, 0) is 79.7 Å². The number of phenolic OH excluding ortho intramolecular Hbond substituents is 2. The lowest BCUT2D eigenvalue weighted by atomic mass is 9.85. The number of carbonyl (C=O) groups excluding carboxylic acids is 1. The van der Waals surface area contributed by atoms with Crippen LogP contribution in [0.2, 0.25) is 0 Å². The molecular weight excluding hydrogens is 612 g/mol. The van der Waals surface area contributed by atoms with Gasteiger partial charge in [0, 0.05) is 39.9 Å². The Hall–Kier alpha value is -3.89. The normalized spacial score (nSPS) is 19.8. The minimum absolute atomic E-state index is 0. The number of anilines is 2. The summed E-state index contributed by atoms with van der Waals surface area (Å²) in [5.41, 5.74) is 3.47. The molecule has 2 aliphatic carbocycles. The van der Waals surface area contributed by atoms with Crippen LogP contribution in [0.1, 0.15) is 31.9 Å². The van der Waals surface area contributed by atoms with Gasteiger partial charge in [-0.25, -0.2) is 0 Å². The molecule has 4 aliphatic rings. The van der Waals surface area contributed by atoms with Crippen molar-refractivity contribution < 1.29 is 30.0 Å². The number of carbonyl (C=O) groups is 1. The molecule has 3 aromatic rings. The summed E-state index contributed by atoms with van der Waals surface area (Å²) in [5.74, 6) is -1.58. The third-order valence-electron chi connectivity index (χ3n) is 8.65. The van der Waals surface area contributed by atoms with E-state index >= 15 is 0 Å². The molecule has 0 saturated carbocycles. The number of benzene rings is 3. The van der Waals surface area contributed by atoms with E-state index in [-0.39, 0.29) is 42.7 Å². The van der Waals surface area contributed by atoms with Gasteiger partial charge in [0.05, 0.1) is 11.4 Å². The van der Waals surface area contributed by atoms with Crippen LogP contribution in [-0.2, 0) is 16.0 Å². The van der Waals surface area contributed by atoms with E-state index in [0.29, 0.717) is 28.3 Å². The van der Waals surface area contributed by atoms with Gasteiger partial charge in [-0.1, -0.05) is 49.9 Å². The number of fused-ring (bicyclic) bond motifs is 6. The first-order chi connectivity index (χ1) is 21.1. The standard InChI is InChI=1S/C19H24N2S.C16H12O6.ClH/c1-4-20(5-2)15(3)14-21-16-10-6-8-12-18(16)22-19-13-9-7-11-17(19)21;17-10-2-1-8-13-9-4-12(19)11(18)3-7(9)5-16(13,21)6-22-15(8)14(10)20;/h6-13,15H,4-5,14H2,1-3H3;1-4,18-21H,5-6H2;1H. The number of aromatic hydroxyl groups is 2. The summed E-state index contributed by atoms with van der Waals surface area (Å²) in [7, 11) is 0. The van der Waals surface area contributed by atoms with Crippen molar-refractivity contribution in [2.45, 2.75) is 48.6 Å². The number of phenols is 2. The van der Waals surface area contributed by atoms with Gasteiger partial charge < -0.3 is 30.1 Å². The van der Waals surface area contributed by atoms with E-state index in [0.717, 1.165) is 19.6 Å². The third-order valence-corrected chi connectivity index (χ3v) is 9.78. The largest absolute Gasteiger partial charge is 0.504 e. The van der Waals surface area contributed by atoms with Crippen LogP contribution in [-0.4, -0.2) is 69.0 Å². The summed E-state index contributed by atoms with van der Waals surface area (Å²) in [6, 6.07) is 20.8. The predicted molar refractivity (Wildman–Crippen MR) is 179 cm³/mol. The number of likely N-dealkylation sites (N-methyl/N-ethyl adjacent to an activating group) is 1. The second-order valence-corrected chi connectivity index (χ2v) is 12.5. The SMILES string of the molecule is CCN(CC)C(C)CN1c2ccccc2Sc2ccccc21.Cl.O=C1C=CC2=C3c4cc(O)c(O)cc4CC3(O)COC2=C1O. The van der Waals surface area contributed by atoms with Crippen molar-refractivity contribution in [1.82, 2.24) is 4.90 Å². The highest BCUT2D eigenvalue weighted by Gasteiger charge is 2.48. The van der Waals surface area contributed by atoms with Crippen molar-refractivity contribution in [2.75, 3.05) is 31.1 Å². The zero-order valence-electron chi connectivity index (χ0n) is 25.4. The Morgan fingerprint density at radius 3 is 2.18 bits per heavy atom. The number of rotatable bonds is 5. The molecule has 10 heteroatoms. The lowest BCUT2D eigenvalue weighted by Gasteiger charge is -2.37. The molecule has 8 nitrogen and oxygen atoms in total. The number of para-hydroxylation sites is 2. The van der Waals surface area contributed by atoms with Crippen LogP contribution in [0.4, 0.5) is 11.4 Å². The Bertz CT molecular complexity index is 1690. The van der Waals surface area contributed by atoms with Gasteiger partial charge >= 0.3 is 0 Å². The Balaban J connectivity index is 0.000000174. The second kappa shape index (κ2) is 12.8. The molecule has 0 saturated heterocycles. The first-order valence-electron chi connectivity index (χ1n) is 14.8. The summed E-state index contributed by atoms with van der Waals surface area (Å²) < 4.78 is 5.40. The quantitative estimate of drug-likeness (QED) is 0.230. The van der Waals surface area contributed by atoms with Crippen molar-refractivity contribution in [3.05, 3.63) is 101 Å². The van der Waals surface area contributed by atoms with Gasteiger partial charge in [-0.15, -0.1) is 12.4 Å². The lowest BCUT2D eigenvalue weighted by molar-refractivity contribution is -0.114. The molecule has 2 aliphatic heterocycles. The maximum Gasteiger partial charge on any atom is 0.224 e. The first kappa shape index (κ1) is 32.5. The summed E-state index contributed by atoms with van der Waals surface area (Å²) in [5, 5.41) is 40.1. The van der Waals surface area contributed by atoms with E-state index in [1.54, 1.807) is 0 Å². The number of hydrogen-bond acceptors (Lipinski definition) is 9. The van der Waals surface area contributed by atoms with E-state index in [9.17, 15) is 25.2 Å². The molecule has 0 spiro atoms. The van der Waals surface area contributed by atoms with Crippen molar-refractivity contribution in [3.63, 3.8) is 0 Å². The molecule has 0 radical (unpaired) electrons. The van der Waals surface area contributed by atoms with E-state index in [1.165, 1.54) is 45.5 Å². The fourth-order valence-electron chi connectivity index (χ4n) is 6.46. The number of aliphatic hydroxyl groups is 2. The minimum atomic E-state index is -1.33. The zero-order chi connectivity index (χ0) is 31.2. The van der Waals surface area contributed by atoms with Gasteiger partial charge in [0.25, 0.3) is 0 Å². The number of allylic oxidation sites excluding steroid dienone is 2. The summed E-state index contributed by atoms with van der Waals surface area (Å²) in [6.07, 6.45) is 2.90. The van der Waals surface area contributed by atoms with Crippen molar-refractivity contribution in [3.8, 4) is 11.5 Å². The van der Waals surface area contributed by atoms with Crippen LogP contribution in [0.5, 0.6) is 11.5 Å². The molecule has 0 amide bonds. The monoisotopic (exact) mass is 648 g/mol. The highest BCUT2D eigenvalue weighted by molar-refractivity contribution is 7.99. The fourth-order valence-corrected chi connectivity index (χ4v) is 7.56. The van der Waals surface area contributed by atoms with Crippen LogP contribution in [0, 0.1) is 0 Å². The van der Waals surface area contributed by atoms with Crippen molar-refractivity contribution >= 4 is 46.9 Å². The third kappa shape index (κ3) is 5.81. The molecule has 45 heavy (non-hydrogen) atoms. The van der Waals surface area contributed by atoms with Crippen molar-refractivity contribution in [1.29, 1.82) is 0 Å². The highest BCUT2D eigenvalue weighted by Crippen LogP contribution is 2.51. The molecule has 2 unspecified atom stereocenters. The number of hydrogen-bond donors (Lipinski definition) is 4.